The van der Waals surface area contributed by atoms with Gasteiger partial charge in [0.1, 0.15) is 48.8 Å². The molecule has 0 radical (unpaired) electrons. The number of nitrogen functional groups attached to an aromatic ring is 2. The molecule has 0 spiro atoms. The quantitative estimate of drug-likeness (QED) is 0.302. The number of hydrogen-bond acceptors (Lipinski definition) is 17. The Balaban J connectivity index is 1.28. The summed E-state index contributed by atoms with van der Waals surface area (Å²) in [5.41, 5.74) is 10.4. The van der Waals surface area contributed by atoms with Crippen molar-refractivity contribution in [3.05, 3.63) is 35.4 Å². The Labute approximate surface area is 238 Å². The van der Waals surface area contributed by atoms with E-state index in [1.54, 1.807) is 0 Å². The Morgan fingerprint density at radius 2 is 1.62 bits per heavy atom. The standard InChI is InChI=1S/C19H22F2N8O10P2S/c20-10-13-8(37-18(10)29-6-26-12-15(23)24-5-25-16(12)29)4-35-41(33,42)39-14-7(3-34-40(31,32)38-13)36-17(11(14)21)28-2-1-9(22)27-19(28)30/h1-2,5-8,10-11,13-14,17-18H,3-4H2,(H,31,32)(H,33,42)(H2,22,27,30)(H2,23,24,25)/p-2/t7-,8-,10-,11-,13-,14-,17-,18-,41?/m1/s1. The second kappa shape index (κ2) is 10.9. The van der Waals surface area contributed by atoms with Crippen LogP contribution in [0.3, 0.4) is 0 Å². The lowest BCUT2D eigenvalue weighted by Crippen LogP contribution is -2.39. The van der Waals surface area contributed by atoms with Crippen LogP contribution in [-0.4, -0.2) is 79.0 Å². The van der Waals surface area contributed by atoms with Crippen molar-refractivity contribution < 1.29 is 50.7 Å². The molecule has 3 fully saturated rings. The first-order chi connectivity index (χ1) is 19.8. The minimum Gasteiger partial charge on any atom is -0.780 e. The summed E-state index contributed by atoms with van der Waals surface area (Å²) >= 11 is 4.92. The third-order valence-electron chi connectivity index (χ3n) is 6.62. The van der Waals surface area contributed by atoms with E-state index in [0.717, 1.165) is 28.0 Å². The van der Waals surface area contributed by atoms with Gasteiger partial charge in [-0.3, -0.25) is 13.7 Å². The Bertz CT molecular complexity index is 1670. The molecule has 3 aromatic rings. The van der Waals surface area contributed by atoms with E-state index in [-0.39, 0.29) is 22.8 Å². The van der Waals surface area contributed by atoms with Gasteiger partial charge in [-0.1, -0.05) is 11.8 Å². The number of phosphoric acid groups is 1. The molecule has 2 unspecified atom stereocenters. The van der Waals surface area contributed by atoms with E-state index in [1.807, 2.05) is 0 Å². The van der Waals surface area contributed by atoms with Crippen molar-refractivity contribution in [3.8, 4) is 0 Å². The van der Waals surface area contributed by atoms with Crippen molar-refractivity contribution in [1.82, 2.24) is 29.1 Å². The number of imidazole rings is 1. The Hall–Kier alpha value is -2.55. The van der Waals surface area contributed by atoms with Crippen LogP contribution < -0.4 is 26.9 Å². The highest BCUT2D eigenvalue weighted by Gasteiger charge is 2.52. The topological polar surface area (TPSA) is 249 Å². The molecule has 3 aliphatic heterocycles. The molecule has 4 N–H and O–H groups in total. The van der Waals surface area contributed by atoms with E-state index in [4.69, 9.17) is 50.8 Å². The lowest BCUT2D eigenvalue weighted by Gasteiger charge is -2.36. The van der Waals surface area contributed by atoms with Gasteiger partial charge in [-0.25, -0.2) is 28.5 Å². The Kier molecular flexibility index (Phi) is 7.64. The van der Waals surface area contributed by atoms with Crippen molar-refractivity contribution in [2.24, 2.45) is 0 Å². The molecule has 23 heteroatoms. The molecule has 0 bridgehead atoms. The molecule has 3 aromatic heterocycles. The fraction of sp³-hybridized carbons (Fsp3) is 0.526. The summed E-state index contributed by atoms with van der Waals surface area (Å²) in [4.78, 5) is 53.4. The number of hydrogen-bond donors (Lipinski definition) is 2. The number of nitrogens with two attached hydrogens (primary N) is 2. The lowest BCUT2D eigenvalue weighted by atomic mass is 10.1. The van der Waals surface area contributed by atoms with Crippen LogP contribution in [0.1, 0.15) is 12.5 Å². The average Bonchev–Trinajstić information content (AvgIpc) is 3.57. The van der Waals surface area contributed by atoms with Gasteiger partial charge in [0, 0.05) is 6.20 Å². The number of phosphoric ester groups is 1. The van der Waals surface area contributed by atoms with Crippen LogP contribution in [0.15, 0.2) is 29.7 Å². The summed E-state index contributed by atoms with van der Waals surface area (Å²) in [6.45, 7) is -6.36. The third kappa shape index (κ3) is 5.46. The van der Waals surface area contributed by atoms with Gasteiger partial charge in [0.25, 0.3) is 7.82 Å². The van der Waals surface area contributed by atoms with Gasteiger partial charge >= 0.3 is 5.69 Å². The van der Waals surface area contributed by atoms with Gasteiger partial charge in [-0.05, 0) is 6.07 Å². The maximum atomic E-state index is 15.8. The maximum absolute atomic E-state index is 15.8. The van der Waals surface area contributed by atoms with Crippen LogP contribution in [-0.2, 0) is 43.9 Å². The monoisotopic (exact) mass is 652 g/mol. The predicted molar refractivity (Wildman–Crippen MR) is 134 cm³/mol. The highest BCUT2D eigenvalue weighted by atomic mass is 32.5. The van der Waals surface area contributed by atoms with Gasteiger partial charge in [-0.2, -0.15) is 4.98 Å². The number of anilines is 2. The van der Waals surface area contributed by atoms with Gasteiger partial charge in [0.2, 0.25) is 0 Å². The summed E-state index contributed by atoms with van der Waals surface area (Å²) in [5.74, 6) is -0.151. The molecule has 42 heavy (non-hydrogen) atoms. The van der Waals surface area contributed by atoms with Crippen LogP contribution in [0, 0.1) is 0 Å². The Morgan fingerprint density at radius 3 is 2.31 bits per heavy atom. The highest BCUT2D eigenvalue weighted by molar-refractivity contribution is 8.06. The smallest absolute Gasteiger partial charge is 0.351 e. The number of aromatic nitrogens is 6. The first-order valence-electron chi connectivity index (χ1n) is 12.0. The Morgan fingerprint density at radius 1 is 0.976 bits per heavy atom. The fourth-order valence-corrected chi connectivity index (χ4v) is 7.08. The number of nitrogens with zero attached hydrogens (tertiary/aromatic N) is 6. The van der Waals surface area contributed by atoms with Crippen LogP contribution >= 0.6 is 14.5 Å². The largest absolute Gasteiger partial charge is 0.780 e. The maximum Gasteiger partial charge on any atom is 0.351 e. The molecular weight excluding hydrogens is 632 g/mol. The average molecular weight is 652 g/mol. The highest BCUT2D eigenvalue weighted by Crippen LogP contribution is 2.51. The number of alkyl halides is 2. The zero-order valence-electron chi connectivity index (χ0n) is 20.8. The van der Waals surface area contributed by atoms with Crippen molar-refractivity contribution in [2.45, 2.75) is 49.2 Å². The summed E-state index contributed by atoms with van der Waals surface area (Å²) in [7, 11) is -5.36. The lowest BCUT2D eigenvalue weighted by molar-refractivity contribution is -0.238. The SMILES string of the molecule is Nc1ccn([C@@H]2O[C@@H]3COP(=O)([O-])O[C@H]4[C@@H](F)[C@H](n5cnc6c(N)ncnc65)O[C@@H]4COP([O-])(=S)O[C@H]3[C@H]2F)c(=O)n1. The van der Waals surface area contributed by atoms with Crippen LogP contribution in [0.2, 0.25) is 0 Å². The van der Waals surface area contributed by atoms with E-state index in [9.17, 15) is 19.1 Å². The molecule has 0 saturated carbocycles. The van der Waals surface area contributed by atoms with Gasteiger partial charge < -0.3 is 48.8 Å². The molecule has 0 amide bonds. The molecule has 10 atom stereocenters. The van der Waals surface area contributed by atoms with E-state index in [1.165, 1.54) is 6.07 Å². The molecule has 228 valence electrons. The molecule has 0 aliphatic carbocycles. The molecule has 6 heterocycles. The summed E-state index contributed by atoms with van der Waals surface area (Å²) in [5, 5.41) is 0. The van der Waals surface area contributed by atoms with Crippen LogP contribution in [0.25, 0.3) is 11.2 Å². The zero-order valence-corrected chi connectivity index (χ0v) is 23.4. The normalized spacial score (nSPS) is 39.3. The molecule has 3 aliphatic rings. The van der Waals surface area contributed by atoms with Crippen molar-refractivity contribution in [2.75, 3.05) is 24.7 Å². The second-order valence-corrected chi connectivity index (χ2v) is 13.3. The zero-order chi connectivity index (χ0) is 30.0. The number of halogens is 2. The molecule has 18 nitrogen and oxygen atoms in total. The molecule has 3 saturated heterocycles. The first kappa shape index (κ1) is 29.5. The predicted octanol–water partition coefficient (Wildman–Crippen LogP) is -1.41. The number of rotatable bonds is 2. The second-order valence-electron chi connectivity index (χ2n) is 9.27. The van der Waals surface area contributed by atoms with E-state index >= 15 is 8.78 Å². The van der Waals surface area contributed by atoms with Crippen LogP contribution in [0.4, 0.5) is 20.4 Å². The van der Waals surface area contributed by atoms with Crippen molar-refractivity contribution in [3.63, 3.8) is 0 Å². The van der Waals surface area contributed by atoms with E-state index in [2.05, 4.69) is 19.9 Å². The molecule has 0 aromatic carbocycles. The minimum absolute atomic E-state index is 0.00131. The van der Waals surface area contributed by atoms with Gasteiger partial charge in [-0.15, -0.1) is 0 Å². The number of fused-ring (bicyclic) bond motifs is 3. The van der Waals surface area contributed by atoms with Crippen molar-refractivity contribution in [1.29, 1.82) is 0 Å². The summed E-state index contributed by atoms with van der Waals surface area (Å²) in [6, 6.07) is 1.19. The summed E-state index contributed by atoms with van der Waals surface area (Å²) < 4.78 is 77.5. The first-order valence-corrected chi connectivity index (χ1v) is 16.0. The van der Waals surface area contributed by atoms with Crippen LogP contribution in [0.5, 0.6) is 0 Å². The fourth-order valence-electron chi connectivity index (χ4n) is 4.72. The van der Waals surface area contributed by atoms with Gasteiger partial charge in [0.15, 0.2) is 36.3 Å². The van der Waals surface area contributed by atoms with E-state index < -0.39 is 82.7 Å². The van der Waals surface area contributed by atoms with Gasteiger partial charge in [0.05, 0.1) is 19.5 Å². The third-order valence-corrected chi connectivity index (χ3v) is 9.12. The summed E-state index contributed by atoms with van der Waals surface area (Å²) in [6.07, 6.45) is -11.3. The van der Waals surface area contributed by atoms with E-state index in [0.29, 0.717) is 0 Å². The molecule has 6 rings (SSSR count). The minimum atomic E-state index is -5.36. The van der Waals surface area contributed by atoms with Crippen molar-refractivity contribution >= 4 is 49.1 Å². The molecular formula is C19H20F2N8O10P2S-2. The number of ether oxygens (including phenoxy) is 2.